The van der Waals surface area contributed by atoms with Crippen molar-refractivity contribution in [3.05, 3.63) is 0 Å². The largest absolute Gasteiger partial charge is 0.381 e. The lowest BCUT2D eigenvalue weighted by Gasteiger charge is -2.31. The molecule has 2 aliphatic rings. The van der Waals surface area contributed by atoms with Gasteiger partial charge in [0.25, 0.3) is 0 Å². The number of nitrogens with zero attached hydrogens (tertiary/aromatic N) is 1. The van der Waals surface area contributed by atoms with Crippen LogP contribution in [0.1, 0.15) is 33.1 Å². The van der Waals surface area contributed by atoms with Gasteiger partial charge in [-0.25, -0.2) is 0 Å². The van der Waals surface area contributed by atoms with E-state index in [1.807, 2.05) is 0 Å². The summed E-state index contributed by atoms with van der Waals surface area (Å²) < 4.78 is 5.41. The van der Waals surface area contributed by atoms with Gasteiger partial charge in [0, 0.05) is 44.4 Å². The third-order valence-corrected chi connectivity index (χ3v) is 3.50. The monoisotopic (exact) mass is 212 g/mol. The molecule has 2 saturated heterocycles. The molecule has 0 unspecified atom stereocenters. The van der Waals surface area contributed by atoms with Gasteiger partial charge in [-0.1, -0.05) is 13.8 Å². The topological polar surface area (TPSA) is 24.5 Å². The molecule has 88 valence electrons. The first kappa shape index (κ1) is 11.4. The maximum Gasteiger partial charge on any atom is 0.0480 e. The molecule has 3 nitrogen and oxygen atoms in total. The van der Waals surface area contributed by atoms with Gasteiger partial charge in [-0.2, -0.15) is 0 Å². The predicted molar refractivity (Wildman–Crippen MR) is 62.1 cm³/mol. The van der Waals surface area contributed by atoms with Crippen LogP contribution >= 0.6 is 0 Å². The zero-order valence-corrected chi connectivity index (χ0v) is 10.0. The summed E-state index contributed by atoms with van der Waals surface area (Å²) in [6, 6.07) is 2.12. The van der Waals surface area contributed by atoms with Crippen LogP contribution in [-0.2, 0) is 4.74 Å². The number of rotatable bonds is 3. The molecule has 0 aliphatic carbocycles. The standard InChI is InChI=1S/C12H24N2O/c1-10(2)13-11-3-6-14(9-11)12-4-7-15-8-5-12/h10-13H,3-9H2,1-2H3/t11-/m1/s1. The third-order valence-electron chi connectivity index (χ3n) is 3.50. The molecule has 2 aliphatic heterocycles. The fourth-order valence-corrected chi connectivity index (χ4v) is 2.78. The average Bonchev–Trinajstić information content (AvgIpc) is 2.67. The normalized spacial score (nSPS) is 30.2. The van der Waals surface area contributed by atoms with E-state index in [0.717, 1.165) is 19.3 Å². The van der Waals surface area contributed by atoms with Gasteiger partial charge < -0.3 is 10.1 Å². The average molecular weight is 212 g/mol. The molecule has 2 heterocycles. The molecule has 2 fully saturated rings. The van der Waals surface area contributed by atoms with Crippen LogP contribution in [0.3, 0.4) is 0 Å². The van der Waals surface area contributed by atoms with Crippen molar-refractivity contribution in [2.24, 2.45) is 0 Å². The van der Waals surface area contributed by atoms with E-state index in [1.165, 1.54) is 32.4 Å². The molecule has 2 rings (SSSR count). The van der Waals surface area contributed by atoms with Gasteiger partial charge in [0.15, 0.2) is 0 Å². The van der Waals surface area contributed by atoms with Crippen LogP contribution in [0.15, 0.2) is 0 Å². The van der Waals surface area contributed by atoms with Crippen LogP contribution in [0.25, 0.3) is 0 Å². The molecule has 15 heavy (non-hydrogen) atoms. The summed E-state index contributed by atoms with van der Waals surface area (Å²) in [6.07, 6.45) is 3.78. The lowest BCUT2D eigenvalue weighted by Crippen LogP contribution is -2.41. The number of hydrogen-bond acceptors (Lipinski definition) is 3. The van der Waals surface area contributed by atoms with E-state index < -0.39 is 0 Å². The van der Waals surface area contributed by atoms with E-state index in [4.69, 9.17) is 4.74 Å². The van der Waals surface area contributed by atoms with Crippen LogP contribution < -0.4 is 5.32 Å². The summed E-state index contributed by atoms with van der Waals surface area (Å²) in [7, 11) is 0. The Hall–Kier alpha value is -0.120. The Morgan fingerprint density at radius 3 is 2.60 bits per heavy atom. The highest BCUT2D eigenvalue weighted by molar-refractivity contribution is 4.86. The van der Waals surface area contributed by atoms with E-state index >= 15 is 0 Å². The van der Waals surface area contributed by atoms with Gasteiger partial charge >= 0.3 is 0 Å². The van der Waals surface area contributed by atoms with Crippen molar-refractivity contribution < 1.29 is 4.74 Å². The number of hydrogen-bond donors (Lipinski definition) is 1. The zero-order valence-electron chi connectivity index (χ0n) is 10.0. The maximum atomic E-state index is 5.41. The Morgan fingerprint density at radius 1 is 1.20 bits per heavy atom. The van der Waals surface area contributed by atoms with Gasteiger partial charge in [0.1, 0.15) is 0 Å². The van der Waals surface area contributed by atoms with Crippen molar-refractivity contribution in [2.75, 3.05) is 26.3 Å². The van der Waals surface area contributed by atoms with E-state index in [-0.39, 0.29) is 0 Å². The molecule has 3 heteroatoms. The first-order chi connectivity index (χ1) is 7.25. The fourth-order valence-electron chi connectivity index (χ4n) is 2.78. The summed E-state index contributed by atoms with van der Waals surface area (Å²) in [5, 5.41) is 3.64. The molecule has 1 N–H and O–H groups in total. The molecule has 0 aromatic carbocycles. The second-order valence-electron chi connectivity index (χ2n) is 5.15. The van der Waals surface area contributed by atoms with E-state index in [9.17, 15) is 0 Å². The van der Waals surface area contributed by atoms with Gasteiger partial charge in [-0.05, 0) is 19.3 Å². The van der Waals surface area contributed by atoms with E-state index in [2.05, 4.69) is 24.1 Å². The van der Waals surface area contributed by atoms with Crippen molar-refractivity contribution >= 4 is 0 Å². The van der Waals surface area contributed by atoms with Crippen LogP contribution in [0, 0.1) is 0 Å². The first-order valence-corrected chi connectivity index (χ1v) is 6.33. The molecule has 0 saturated carbocycles. The van der Waals surface area contributed by atoms with Crippen LogP contribution in [-0.4, -0.2) is 49.3 Å². The SMILES string of the molecule is CC(C)N[C@@H]1CCN(C2CCOCC2)C1. The highest BCUT2D eigenvalue weighted by atomic mass is 16.5. The fraction of sp³-hybridized carbons (Fsp3) is 1.00. The summed E-state index contributed by atoms with van der Waals surface area (Å²) >= 11 is 0. The quantitative estimate of drug-likeness (QED) is 0.762. The Bertz CT molecular complexity index is 190. The lowest BCUT2D eigenvalue weighted by molar-refractivity contribution is 0.0416. The summed E-state index contributed by atoms with van der Waals surface area (Å²) in [5.41, 5.74) is 0. The van der Waals surface area contributed by atoms with Gasteiger partial charge in [-0.3, -0.25) is 4.90 Å². The Labute approximate surface area is 93.2 Å². The molecule has 1 atom stereocenters. The Balaban J connectivity index is 1.76. The molecular weight excluding hydrogens is 188 g/mol. The maximum absolute atomic E-state index is 5.41. The van der Waals surface area contributed by atoms with Crippen LogP contribution in [0.2, 0.25) is 0 Å². The number of likely N-dealkylation sites (tertiary alicyclic amines) is 1. The molecule has 0 aromatic heterocycles. The van der Waals surface area contributed by atoms with E-state index in [1.54, 1.807) is 0 Å². The minimum Gasteiger partial charge on any atom is -0.381 e. The zero-order chi connectivity index (χ0) is 10.7. The lowest BCUT2D eigenvalue weighted by atomic mass is 10.1. The molecule has 0 aromatic rings. The van der Waals surface area contributed by atoms with E-state index in [0.29, 0.717) is 12.1 Å². The molecule has 0 spiro atoms. The van der Waals surface area contributed by atoms with Crippen molar-refractivity contribution in [3.8, 4) is 0 Å². The van der Waals surface area contributed by atoms with Gasteiger partial charge in [-0.15, -0.1) is 0 Å². The molecule has 0 bridgehead atoms. The van der Waals surface area contributed by atoms with Crippen LogP contribution in [0.4, 0.5) is 0 Å². The first-order valence-electron chi connectivity index (χ1n) is 6.33. The van der Waals surface area contributed by atoms with Gasteiger partial charge in [0.2, 0.25) is 0 Å². The smallest absolute Gasteiger partial charge is 0.0480 e. The summed E-state index contributed by atoms with van der Waals surface area (Å²) in [6.45, 7) is 8.90. The molecular formula is C12H24N2O. The molecule has 0 radical (unpaired) electrons. The Morgan fingerprint density at radius 2 is 1.93 bits per heavy atom. The van der Waals surface area contributed by atoms with Crippen molar-refractivity contribution in [3.63, 3.8) is 0 Å². The van der Waals surface area contributed by atoms with Crippen molar-refractivity contribution in [1.82, 2.24) is 10.2 Å². The summed E-state index contributed by atoms with van der Waals surface area (Å²) in [4.78, 5) is 2.66. The summed E-state index contributed by atoms with van der Waals surface area (Å²) in [5.74, 6) is 0. The number of nitrogens with one attached hydrogen (secondary N) is 1. The predicted octanol–water partition coefficient (Wildman–Crippen LogP) is 1.24. The third kappa shape index (κ3) is 3.16. The van der Waals surface area contributed by atoms with Crippen molar-refractivity contribution in [2.45, 2.75) is 51.2 Å². The minimum atomic E-state index is 0.615. The van der Waals surface area contributed by atoms with Gasteiger partial charge in [0.05, 0.1) is 0 Å². The van der Waals surface area contributed by atoms with Crippen molar-refractivity contribution in [1.29, 1.82) is 0 Å². The van der Waals surface area contributed by atoms with Crippen LogP contribution in [0.5, 0.6) is 0 Å². The number of ether oxygens (including phenoxy) is 1. The second-order valence-corrected chi connectivity index (χ2v) is 5.15. The highest BCUT2D eigenvalue weighted by Gasteiger charge is 2.29. The Kier molecular flexibility index (Phi) is 4.00. The minimum absolute atomic E-state index is 0.615. The molecule has 0 amide bonds. The second kappa shape index (κ2) is 5.28. The highest BCUT2D eigenvalue weighted by Crippen LogP contribution is 2.20.